The summed E-state index contributed by atoms with van der Waals surface area (Å²) in [5, 5.41) is 0. The number of allylic oxidation sites excluding steroid dienone is 4. The van der Waals surface area contributed by atoms with E-state index in [1.54, 1.807) is 5.57 Å². The lowest BCUT2D eigenvalue weighted by Crippen LogP contribution is -2.08. The van der Waals surface area contributed by atoms with Crippen LogP contribution in [-0.4, -0.2) is 0 Å². The largest absolute Gasteiger partial charge is 0.0801 e. The van der Waals surface area contributed by atoms with Crippen molar-refractivity contribution in [3.8, 4) is 0 Å². The van der Waals surface area contributed by atoms with E-state index in [-0.39, 0.29) is 0 Å². The molecule has 0 N–H and O–H groups in total. The minimum Gasteiger partial charge on any atom is -0.0801 e. The van der Waals surface area contributed by atoms with Gasteiger partial charge < -0.3 is 0 Å². The van der Waals surface area contributed by atoms with Gasteiger partial charge in [-0.05, 0) is 30.8 Å². The van der Waals surface area contributed by atoms with E-state index in [0.29, 0.717) is 0 Å². The van der Waals surface area contributed by atoms with Crippen molar-refractivity contribution in [2.75, 3.05) is 0 Å². The van der Waals surface area contributed by atoms with Crippen molar-refractivity contribution in [3.63, 3.8) is 0 Å². The number of hydrogen-bond donors (Lipinski definition) is 0. The summed E-state index contributed by atoms with van der Waals surface area (Å²) in [5.41, 5.74) is 1.58. The Kier molecular flexibility index (Phi) is 2.65. The van der Waals surface area contributed by atoms with Gasteiger partial charge in [0.15, 0.2) is 0 Å². The fourth-order valence-corrected chi connectivity index (χ4v) is 2.21. The van der Waals surface area contributed by atoms with E-state index in [1.807, 2.05) is 0 Å². The lowest BCUT2D eigenvalue weighted by atomic mass is 9.82. The second-order valence-corrected chi connectivity index (χ2v) is 3.78. The van der Waals surface area contributed by atoms with Crippen LogP contribution in [0.2, 0.25) is 0 Å². The third-order valence-electron chi connectivity index (χ3n) is 2.93. The van der Waals surface area contributed by atoms with E-state index in [0.717, 1.165) is 12.3 Å². The molecule has 12 heavy (non-hydrogen) atoms. The highest BCUT2D eigenvalue weighted by molar-refractivity contribution is 5.28. The van der Waals surface area contributed by atoms with Crippen LogP contribution in [0.5, 0.6) is 0 Å². The normalized spacial score (nSPS) is 25.5. The van der Waals surface area contributed by atoms with Crippen molar-refractivity contribution < 1.29 is 0 Å². The van der Waals surface area contributed by atoms with Crippen LogP contribution in [0.25, 0.3) is 0 Å². The summed E-state index contributed by atoms with van der Waals surface area (Å²) in [6.07, 6.45) is 18.1. The maximum absolute atomic E-state index is 3.20. The zero-order valence-corrected chi connectivity index (χ0v) is 7.55. The second kappa shape index (κ2) is 3.93. The molecule has 2 rings (SSSR count). The smallest absolute Gasteiger partial charge is 0.0125 e. The van der Waals surface area contributed by atoms with E-state index >= 15 is 0 Å². The average Bonchev–Trinajstić information content (AvgIpc) is 2.21. The standard InChI is InChI=1S/C12H16/c1-3-7-11(8-4-1)12-9-5-2-6-10-12/h5,9-11H,1,3-4,6-8H2. The third-order valence-corrected chi connectivity index (χ3v) is 2.93. The summed E-state index contributed by atoms with van der Waals surface area (Å²) in [5.74, 6) is 0.872. The molecule has 0 heterocycles. The molecule has 2 aliphatic carbocycles. The molecule has 0 aromatic carbocycles. The Labute approximate surface area is 75.4 Å². The molecule has 0 saturated heterocycles. The molecule has 0 nitrogen and oxygen atoms in total. The van der Waals surface area contributed by atoms with Gasteiger partial charge in [0.2, 0.25) is 0 Å². The quantitative estimate of drug-likeness (QED) is 0.550. The molecule has 0 atom stereocenters. The average molecular weight is 160 g/mol. The fourth-order valence-electron chi connectivity index (χ4n) is 2.21. The summed E-state index contributed by atoms with van der Waals surface area (Å²) in [6.45, 7) is 0. The minimum atomic E-state index is 0.872. The summed E-state index contributed by atoms with van der Waals surface area (Å²) >= 11 is 0. The van der Waals surface area contributed by atoms with Gasteiger partial charge in [-0.25, -0.2) is 0 Å². The fraction of sp³-hybridized carbons (Fsp3) is 0.583. The topological polar surface area (TPSA) is 0 Å². The summed E-state index contributed by atoms with van der Waals surface area (Å²) < 4.78 is 0. The van der Waals surface area contributed by atoms with E-state index in [9.17, 15) is 0 Å². The summed E-state index contributed by atoms with van der Waals surface area (Å²) in [7, 11) is 0. The van der Waals surface area contributed by atoms with Crippen LogP contribution in [0.15, 0.2) is 23.8 Å². The van der Waals surface area contributed by atoms with Crippen molar-refractivity contribution in [2.24, 2.45) is 5.92 Å². The van der Waals surface area contributed by atoms with Gasteiger partial charge >= 0.3 is 0 Å². The molecular weight excluding hydrogens is 144 g/mol. The highest BCUT2D eigenvalue weighted by Gasteiger charge is 2.16. The second-order valence-electron chi connectivity index (χ2n) is 3.78. The third kappa shape index (κ3) is 1.80. The van der Waals surface area contributed by atoms with Crippen molar-refractivity contribution in [1.29, 1.82) is 0 Å². The first-order valence-electron chi connectivity index (χ1n) is 5.07. The highest BCUT2D eigenvalue weighted by Crippen LogP contribution is 2.31. The van der Waals surface area contributed by atoms with E-state index in [1.165, 1.54) is 32.1 Å². The molecule has 0 heteroatoms. The highest BCUT2D eigenvalue weighted by atomic mass is 14.2. The van der Waals surface area contributed by atoms with Crippen LogP contribution in [0.3, 0.4) is 0 Å². The van der Waals surface area contributed by atoms with Crippen LogP contribution in [-0.2, 0) is 0 Å². The van der Waals surface area contributed by atoms with Gasteiger partial charge in [0.1, 0.15) is 0 Å². The molecule has 0 unspecified atom stereocenters. The molecule has 0 aliphatic heterocycles. The number of hydrogen-bond acceptors (Lipinski definition) is 0. The molecule has 1 saturated carbocycles. The molecule has 1 fully saturated rings. The SMILES string of the molecule is [C]1C=CC(C2CCCCC2)=CC1. The Morgan fingerprint density at radius 2 is 2.00 bits per heavy atom. The van der Waals surface area contributed by atoms with E-state index in [4.69, 9.17) is 0 Å². The molecule has 0 amide bonds. The van der Waals surface area contributed by atoms with Crippen LogP contribution in [0.1, 0.15) is 38.5 Å². The lowest BCUT2D eigenvalue weighted by Gasteiger charge is -2.23. The Hall–Kier alpha value is -0.520. The molecule has 0 aromatic heterocycles. The Balaban J connectivity index is 1.97. The molecular formula is C12H16. The first-order valence-corrected chi connectivity index (χ1v) is 5.07. The van der Waals surface area contributed by atoms with Crippen molar-refractivity contribution >= 4 is 0 Å². The maximum Gasteiger partial charge on any atom is 0.0125 e. The summed E-state index contributed by atoms with van der Waals surface area (Å²) in [6, 6.07) is 0. The van der Waals surface area contributed by atoms with Crippen LogP contribution >= 0.6 is 0 Å². The molecule has 64 valence electrons. The molecule has 0 bridgehead atoms. The predicted octanol–water partition coefficient (Wildman–Crippen LogP) is 3.53. The molecule has 2 aliphatic rings. The van der Waals surface area contributed by atoms with Crippen molar-refractivity contribution in [2.45, 2.75) is 38.5 Å². The minimum absolute atomic E-state index is 0.872. The summed E-state index contributed by atoms with van der Waals surface area (Å²) in [4.78, 5) is 0. The number of rotatable bonds is 1. The van der Waals surface area contributed by atoms with Crippen LogP contribution in [0, 0.1) is 12.3 Å². The zero-order chi connectivity index (χ0) is 8.23. The van der Waals surface area contributed by atoms with Crippen molar-refractivity contribution in [1.82, 2.24) is 0 Å². The Morgan fingerprint density at radius 3 is 2.67 bits per heavy atom. The van der Waals surface area contributed by atoms with Crippen LogP contribution in [0.4, 0.5) is 0 Å². The van der Waals surface area contributed by atoms with E-state index in [2.05, 4.69) is 24.6 Å². The Bertz CT molecular complexity index is 192. The van der Waals surface area contributed by atoms with Gasteiger partial charge in [0.05, 0.1) is 0 Å². The first kappa shape index (κ1) is 8.10. The van der Waals surface area contributed by atoms with Gasteiger partial charge in [0, 0.05) is 6.42 Å². The van der Waals surface area contributed by atoms with Crippen LogP contribution < -0.4 is 0 Å². The predicted molar refractivity (Wildman–Crippen MR) is 51.7 cm³/mol. The lowest BCUT2D eigenvalue weighted by molar-refractivity contribution is 0.407. The van der Waals surface area contributed by atoms with Gasteiger partial charge in [-0.3, -0.25) is 0 Å². The van der Waals surface area contributed by atoms with Gasteiger partial charge in [-0.1, -0.05) is 37.5 Å². The van der Waals surface area contributed by atoms with Crippen molar-refractivity contribution in [3.05, 3.63) is 30.2 Å². The van der Waals surface area contributed by atoms with Gasteiger partial charge in [0.25, 0.3) is 0 Å². The first-order chi connectivity index (χ1) is 5.97. The Morgan fingerprint density at radius 1 is 1.17 bits per heavy atom. The van der Waals surface area contributed by atoms with Gasteiger partial charge in [-0.15, -0.1) is 0 Å². The molecule has 0 spiro atoms. The van der Waals surface area contributed by atoms with E-state index < -0.39 is 0 Å². The van der Waals surface area contributed by atoms with Gasteiger partial charge in [-0.2, -0.15) is 0 Å². The zero-order valence-electron chi connectivity index (χ0n) is 7.55. The molecule has 0 aromatic rings. The molecule has 2 radical (unpaired) electrons. The monoisotopic (exact) mass is 160 g/mol. The maximum atomic E-state index is 3.20.